The van der Waals surface area contributed by atoms with Gasteiger partial charge < -0.3 is 4.74 Å². The van der Waals surface area contributed by atoms with Gasteiger partial charge in [0.15, 0.2) is 0 Å². The lowest BCUT2D eigenvalue weighted by atomic mass is 10.3. The summed E-state index contributed by atoms with van der Waals surface area (Å²) in [5.74, 6) is 0.602. The van der Waals surface area contributed by atoms with Crippen molar-refractivity contribution in [3.8, 4) is 5.75 Å². The SMILES string of the molecule is CCONS(=O)(=O)c1ccc(OC)cc1. The molecule has 0 aliphatic heterocycles. The summed E-state index contributed by atoms with van der Waals surface area (Å²) in [7, 11) is -2.06. The fourth-order valence-corrected chi connectivity index (χ4v) is 1.80. The van der Waals surface area contributed by atoms with Crippen molar-refractivity contribution in [3.05, 3.63) is 24.3 Å². The molecule has 0 saturated carbocycles. The molecule has 0 aliphatic carbocycles. The fourth-order valence-electron chi connectivity index (χ4n) is 0.939. The lowest BCUT2D eigenvalue weighted by Gasteiger charge is -2.06. The van der Waals surface area contributed by atoms with Crippen LogP contribution in [-0.4, -0.2) is 22.1 Å². The van der Waals surface area contributed by atoms with Crippen LogP contribution in [0.25, 0.3) is 0 Å². The highest BCUT2D eigenvalue weighted by Crippen LogP contribution is 2.14. The fraction of sp³-hybridized carbons (Fsp3) is 0.333. The van der Waals surface area contributed by atoms with Crippen LogP contribution >= 0.6 is 0 Å². The molecule has 0 spiro atoms. The molecule has 5 nitrogen and oxygen atoms in total. The van der Waals surface area contributed by atoms with Gasteiger partial charge in [0.25, 0.3) is 10.0 Å². The second kappa shape index (κ2) is 5.11. The average molecular weight is 231 g/mol. The third-order valence-corrected chi connectivity index (χ3v) is 2.91. The number of benzene rings is 1. The van der Waals surface area contributed by atoms with E-state index in [-0.39, 0.29) is 11.5 Å². The Kier molecular flexibility index (Phi) is 4.07. The zero-order valence-corrected chi connectivity index (χ0v) is 9.37. The van der Waals surface area contributed by atoms with Gasteiger partial charge in [0.2, 0.25) is 0 Å². The van der Waals surface area contributed by atoms with Crippen molar-refractivity contribution >= 4 is 10.0 Å². The van der Waals surface area contributed by atoms with Crippen LogP contribution in [0.1, 0.15) is 6.92 Å². The molecule has 0 saturated heterocycles. The first-order chi connectivity index (χ1) is 7.10. The van der Waals surface area contributed by atoms with E-state index in [9.17, 15) is 8.42 Å². The van der Waals surface area contributed by atoms with E-state index in [0.29, 0.717) is 5.75 Å². The Hall–Kier alpha value is -1.11. The van der Waals surface area contributed by atoms with Gasteiger partial charge in [-0.3, -0.25) is 4.84 Å². The summed E-state index contributed by atoms with van der Waals surface area (Å²) >= 11 is 0. The van der Waals surface area contributed by atoms with Crippen LogP contribution < -0.4 is 9.62 Å². The van der Waals surface area contributed by atoms with Gasteiger partial charge in [0.1, 0.15) is 5.75 Å². The predicted molar refractivity (Wildman–Crippen MR) is 54.9 cm³/mol. The van der Waals surface area contributed by atoms with E-state index < -0.39 is 10.0 Å². The molecule has 15 heavy (non-hydrogen) atoms. The molecule has 0 aromatic heterocycles. The molecule has 1 N–H and O–H groups in total. The molecular formula is C9H13NO4S. The standard InChI is InChI=1S/C9H13NO4S/c1-3-14-10-15(11,12)9-6-4-8(13-2)5-7-9/h4-7,10H,3H2,1-2H3. The van der Waals surface area contributed by atoms with Gasteiger partial charge >= 0.3 is 0 Å². The third-order valence-electron chi connectivity index (χ3n) is 1.68. The van der Waals surface area contributed by atoms with E-state index in [2.05, 4.69) is 4.84 Å². The molecule has 1 rings (SSSR count). The van der Waals surface area contributed by atoms with Crippen molar-refractivity contribution in [2.45, 2.75) is 11.8 Å². The van der Waals surface area contributed by atoms with Gasteiger partial charge in [0.05, 0.1) is 18.6 Å². The van der Waals surface area contributed by atoms with Gasteiger partial charge in [-0.1, -0.05) is 4.89 Å². The van der Waals surface area contributed by atoms with Crippen molar-refractivity contribution in [2.24, 2.45) is 0 Å². The molecule has 0 amide bonds. The van der Waals surface area contributed by atoms with Gasteiger partial charge in [-0.2, -0.15) is 0 Å². The maximum Gasteiger partial charge on any atom is 0.262 e. The lowest BCUT2D eigenvalue weighted by Crippen LogP contribution is -2.23. The highest BCUT2D eigenvalue weighted by Gasteiger charge is 2.13. The number of nitrogens with one attached hydrogen (secondary N) is 1. The Morgan fingerprint density at radius 1 is 1.27 bits per heavy atom. The van der Waals surface area contributed by atoms with Crippen molar-refractivity contribution < 1.29 is 18.0 Å². The van der Waals surface area contributed by atoms with Crippen molar-refractivity contribution in [1.82, 2.24) is 4.89 Å². The Morgan fingerprint density at radius 2 is 1.87 bits per heavy atom. The minimum absolute atomic E-state index is 0.136. The van der Waals surface area contributed by atoms with Crippen molar-refractivity contribution in [3.63, 3.8) is 0 Å². The largest absolute Gasteiger partial charge is 0.497 e. The van der Waals surface area contributed by atoms with Gasteiger partial charge in [-0.15, -0.1) is 0 Å². The molecule has 0 bridgehead atoms. The normalized spacial score (nSPS) is 11.3. The molecule has 1 aromatic carbocycles. The summed E-state index contributed by atoms with van der Waals surface area (Å²) in [5.41, 5.74) is 0. The minimum Gasteiger partial charge on any atom is -0.497 e. The topological polar surface area (TPSA) is 64.6 Å². The molecule has 0 radical (unpaired) electrons. The molecule has 0 fully saturated rings. The van der Waals surface area contributed by atoms with Crippen molar-refractivity contribution in [2.75, 3.05) is 13.7 Å². The summed E-state index contributed by atoms with van der Waals surface area (Å²) < 4.78 is 27.9. The van der Waals surface area contributed by atoms with Gasteiger partial charge in [-0.25, -0.2) is 8.42 Å². The third kappa shape index (κ3) is 3.19. The smallest absolute Gasteiger partial charge is 0.262 e. The second-order valence-electron chi connectivity index (χ2n) is 2.70. The summed E-state index contributed by atoms with van der Waals surface area (Å²) in [6.07, 6.45) is 0. The summed E-state index contributed by atoms with van der Waals surface area (Å²) in [6.45, 7) is 1.96. The van der Waals surface area contributed by atoms with Crippen molar-refractivity contribution in [1.29, 1.82) is 0 Å². The molecule has 84 valence electrons. The van der Waals surface area contributed by atoms with E-state index in [4.69, 9.17) is 4.74 Å². The first kappa shape index (κ1) is 12.0. The monoisotopic (exact) mass is 231 g/mol. The zero-order chi connectivity index (χ0) is 11.3. The van der Waals surface area contributed by atoms with Gasteiger partial charge in [-0.05, 0) is 31.2 Å². The maximum atomic E-state index is 11.5. The molecule has 1 aromatic rings. The second-order valence-corrected chi connectivity index (χ2v) is 4.34. The predicted octanol–water partition coefficient (Wildman–Crippen LogP) is 0.925. The number of ether oxygens (including phenoxy) is 1. The zero-order valence-electron chi connectivity index (χ0n) is 8.56. The molecule has 0 unspecified atom stereocenters. The van der Waals surface area contributed by atoms with Crippen LogP contribution in [-0.2, 0) is 14.9 Å². The molecule has 0 aliphatic rings. The highest BCUT2D eigenvalue weighted by molar-refractivity contribution is 7.89. The molecule has 0 heterocycles. The Morgan fingerprint density at radius 3 is 2.33 bits per heavy atom. The van der Waals surface area contributed by atoms with Gasteiger partial charge in [0, 0.05) is 0 Å². The summed E-state index contributed by atoms with van der Waals surface area (Å²) in [6, 6.07) is 6.03. The highest BCUT2D eigenvalue weighted by atomic mass is 32.2. The van der Waals surface area contributed by atoms with Crippen LogP contribution in [0, 0.1) is 0 Å². The lowest BCUT2D eigenvalue weighted by molar-refractivity contribution is 0.105. The van der Waals surface area contributed by atoms with E-state index in [1.54, 1.807) is 19.1 Å². The molecular weight excluding hydrogens is 218 g/mol. The number of methoxy groups -OCH3 is 1. The van der Waals surface area contributed by atoms with Crippen LogP contribution in [0.5, 0.6) is 5.75 Å². The Balaban J connectivity index is 2.86. The number of sulfonamides is 1. The summed E-state index contributed by atoms with van der Waals surface area (Å²) in [4.78, 5) is 6.77. The number of hydrogen-bond acceptors (Lipinski definition) is 4. The van der Waals surface area contributed by atoms with E-state index in [1.165, 1.54) is 19.2 Å². The molecule has 6 heteroatoms. The first-order valence-electron chi connectivity index (χ1n) is 4.38. The quantitative estimate of drug-likeness (QED) is 0.765. The van der Waals surface area contributed by atoms with Crippen LogP contribution in [0.3, 0.4) is 0 Å². The number of hydrogen-bond donors (Lipinski definition) is 1. The molecule has 0 atom stereocenters. The van der Waals surface area contributed by atoms with E-state index in [0.717, 1.165) is 0 Å². The van der Waals surface area contributed by atoms with E-state index in [1.807, 2.05) is 4.89 Å². The summed E-state index contributed by atoms with van der Waals surface area (Å²) in [5, 5.41) is 0. The Bertz CT molecular complexity index is 399. The number of rotatable bonds is 5. The minimum atomic E-state index is -3.58. The van der Waals surface area contributed by atoms with Crippen LogP contribution in [0.2, 0.25) is 0 Å². The first-order valence-corrected chi connectivity index (χ1v) is 5.86. The van der Waals surface area contributed by atoms with E-state index >= 15 is 0 Å². The Labute approximate surface area is 89.0 Å². The van der Waals surface area contributed by atoms with Crippen LogP contribution in [0.15, 0.2) is 29.2 Å². The van der Waals surface area contributed by atoms with Crippen LogP contribution in [0.4, 0.5) is 0 Å². The maximum absolute atomic E-state index is 11.5. The average Bonchev–Trinajstić information content (AvgIpc) is 2.26.